The summed E-state index contributed by atoms with van der Waals surface area (Å²) in [4.78, 5) is 0. The summed E-state index contributed by atoms with van der Waals surface area (Å²) in [6.45, 7) is 5.44. The summed E-state index contributed by atoms with van der Waals surface area (Å²) >= 11 is 6.47. The van der Waals surface area contributed by atoms with Crippen LogP contribution < -0.4 is 14.8 Å². The maximum Gasteiger partial charge on any atom is 0.179 e. The van der Waals surface area contributed by atoms with Crippen LogP contribution in [0.2, 0.25) is 5.02 Å². The first-order chi connectivity index (χ1) is 9.13. The van der Waals surface area contributed by atoms with Gasteiger partial charge in [-0.3, -0.25) is 0 Å². The molecule has 0 saturated carbocycles. The summed E-state index contributed by atoms with van der Waals surface area (Å²) in [5, 5.41) is 4.30. The van der Waals surface area contributed by atoms with Gasteiger partial charge in [-0.05, 0) is 42.5 Å². The van der Waals surface area contributed by atoms with Crippen LogP contribution in [0.15, 0.2) is 6.07 Å². The van der Waals surface area contributed by atoms with E-state index < -0.39 is 0 Å². The molecule has 1 N–H and O–H groups in total. The zero-order chi connectivity index (χ0) is 14.0. The fraction of sp³-hybridized carbons (Fsp3) is 0.600. The number of hydrogen-bond donors (Lipinski definition) is 1. The van der Waals surface area contributed by atoms with E-state index >= 15 is 0 Å². The van der Waals surface area contributed by atoms with Crippen LogP contribution in [0.4, 0.5) is 0 Å². The number of nitrogens with one attached hydrogen (secondary N) is 1. The first-order valence-corrected chi connectivity index (χ1v) is 7.18. The van der Waals surface area contributed by atoms with Crippen molar-refractivity contribution in [1.82, 2.24) is 5.32 Å². The van der Waals surface area contributed by atoms with Crippen molar-refractivity contribution in [3.8, 4) is 11.5 Å². The lowest BCUT2D eigenvalue weighted by molar-refractivity contribution is 0.354. The molecule has 2 unspecified atom stereocenters. The van der Waals surface area contributed by atoms with E-state index in [0.29, 0.717) is 28.5 Å². The van der Waals surface area contributed by atoms with Crippen LogP contribution in [0.1, 0.15) is 37.4 Å². The fourth-order valence-electron chi connectivity index (χ4n) is 2.85. The molecular formula is C15H22ClNO2. The Balaban J connectivity index is 2.44. The Kier molecular flexibility index (Phi) is 4.58. The van der Waals surface area contributed by atoms with Gasteiger partial charge < -0.3 is 14.8 Å². The fourth-order valence-corrected chi connectivity index (χ4v) is 3.21. The molecule has 0 saturated heterocycles. The number of ether oxygens (including phenoxy) is 2. The molecule has 1 aliphatic carbocycles. The van der Waals surface area contributed by atoms with Gasteiger partial charge in [0.05, 0.1) is 19.2 Å². The number of benzene rings is 1. The van der Waals surface area contributed by atoms with Gasteiger partial charge in [-0.15, -0.1) is 0 Å². The van der Waals surface area contributed by atoms with Gasteiger partial charge in [0.2, 0.25) is 0 Å². The van der Waals surface area contributed by atoms with Gasteiger partial charge in [0.1, 0.15) is 0 Å². The maximum atomic E-state index is 6.47. The second-order valence-corrected chi connectivity index (χ2v) is 5.49. The predicted molar refractivity (Wildman–Crippen MR) is 78.5 cm³/mol. The van der Waals surface area contributed by atoms with Crippen molar-refractivity contribution >= 4 is 11.6 Å². The molecular weight excluding hydrogens is 262 g/mol. The van der Waals surface area contributed by atoms with Gasteiger partial charge in [-0.25, -0.2) is 0 Å². The molecule has 3 nitrogen and oxygen atoms in total. The van der Waals surface area contributed by atoms with Crippen molar-refractivity contribution in [3.05, 3.63) is 22.2 Å². The molecule has 0 heterocycles. The quantitative estimate of drug-likeness (QED) is 0.896. The van der Waals surface area contributed by atoms with Crippen molar-refractivity contribution < 1.29 is 9.47 Å². The molecule has 106 valence electrons. The van der Waals surface area contributed by atoms with Crippen LogP contribution >= 0.6 is 11.6 Å². The molecule has 0 amide bonds. The summed E-state index contributed by atoms with van der Waals surface area (Å²) in [5.41, 5.74) is 2.45. The number of methoxy groups -OCH3 is 2. The molecule has 1 aromatic rings. The van der Waals surface area contributed by atoms with Crippen LogP contribution in [0.25, 0.3) is 0 Å². The van der Waals surface area contributed by atoms with E-state index in [0.717, 1.165) is 19.4 Å². The highest BCUT2D eigenvalue weighted by atomic mass is 35.5. The Labute approximate surface area is 120 Å². The summed E-state index contributed by atoms with van der Waals surface area (Å²) in [5.74, 6) is 1.89. The average Bonchev–Trinajstić information content (AvgIpc) is 2.72. The third-order valence-electron chi connectivity index (χ3n) is 3.79. The lowest BCUT2D eigenvalue weighted by Crippen LogP contribution is -2.24. The molecule has 1 aromatic carbocycles. The molecule has 0 fully saturated rings. The van der Waals surface area contributed by atoms with Gasteiger partial charge in [0.15, 0.2) is 11.5 Å². The maximum absolute atomic E-state index is 6.47. The lowest BCUT2D eigenvalue weighted by Gasteiger charge is -2.19. The SMILES string of the molecule is CCCNC1c2cc(OC)c(OC)c(Cl)c2CC1C. The second kappa shape index (κ2) is 6.02. The van der Waals surface area contributed by atoms with E-state index in [1.807, 2.05) is 0 Å². The van der Waals surface area contributed by atoms with Gasteiger partial charge in [-0.1, -0.05) is 25.4 Å². The van der Waals surface area contributed by atoms with Gasteiger partial charge in [-0.2, -0.15) is 0 Å². The van der Waals surface area contributed by atoms with Crippen LogP contribution in [0.5, 0.6) is 11.5 Å². The highest BCUT2D eigenvalue weighted by Crippen LogP contribution is 2.47. The number of fused-ring (bicyclic) bond motifs is 1. The largest absolute Gasteiger partial charge is 0.493 e. The van der Waals surface area contributed by atoms with E-state index in [1.165, 1.54) is 11.1 Å². The van der Waals surface area contributed by atoms with Crippen molar-refractivity contribution in [2.24, 2.45) is 5.92 Å². The summed E-state index contributed by atoms with van der Waals surface area (Å²) in [6.07, 6.45) is 2.11. The normalized spacial score (nSPS) is 21.3. The van der Waals surface area contributed by atoms with Crippen LogP contribution in [-0.4, -0.2) is 20.8 Å². The van der Waals surface area contributed by atoms with Crippen molar-refractivity contribution in [2.75, 3.05) is 20.8 Å². The molecule has 0 aliphatic heterocycles. The Bertz CT molecular complexity index is 462. The van der Waals surface area contributed by atoms with Crippen molar-refractivity contribution in [2.45, 2.75) is 32.7 Å². The smallest absolute Gasteiger partial charge is 0.179 e. The van der Waals surface area contributed by atoms with Gasteiger partial charge in [0, 0.05) is 6.04 Å². The molecule has 2 rings (SSSR count). The summed E-state index contributed by atoms with van der Waals surface area (Å²) in [6, 6.07) is 2.42. The first-order valence-electron chi connectivity index (χ1n) is 6.80. The minimum atomic E-state index is 0.354. The molecule has 0 bridgehead atoms. The van der Waals surface area contributed by atoms with Crippen LogP contribution in [0, 0.1) is 5.92 Å². The minimum Gasteiger partial charge on any atom is -0.493 e. The minimum absolute atomic E-state index is 0.354. The van der Waals surface area contributed by atoms with E-state index in [9.17, 15) is 0 Å². The second-order valence-electron chi connectivity index (χ2n) is 5.11. The Morgan fingerprint density at radius 1 is 1.37 bits per heavy atom. The molecule has 2 atom stereocenters. The van der Waals surface area contributed by atoms with Crippen LogP contribution in [-0.2, 0) is 6.42 Å². The number of halogens is 1. The van der Waals surface area contributed by atoms with E-state index in [2.05, 4.69) is 25.2 Å². The summed E-state index contributed by atoms with van der Waals surface area (Å²) < 4.78 is 10.8. The third kappa shape index (κ3) is 2.54. The molecule has 1 aliphatic rings. The standard InChI is InChI=1S/C15H22ClNO2/c1-5-6-17-14-9(2)7-10-11(14)8-12(18-3)15(19-4)13(10)16/h8-9,14,17H,5-7H2,1-4H3. The predicted octanol–water partition coefficient (Wildman–Crippen LogP) is 3.59. The molecule has 19 heavy (non-hydrogen) atoms. The summed E-state index contributed by atoms with van der Waals surface area (Å²) in [7, 11) is 3.27. The average molecular weight is 284 g/mol. The van der Waals surface area contributed by atoms with Crippen LogP contribution in [0.3, 0.4) is 0 Å². The monoisotopic (exact) mass is 283 g/mol. The van der Waals surface area contributed by atoms with Crippen molar-refractivity contribution in [1.29, 1.82) is 0 Å². The highest BCUT2D eigenvalue weighted by molar-refractivity contribution is 6.33. The number of rotatable bonds is 5. The molecule has 0 radical (unpaired) electrons. The van der Waals surface area contributed by atoms with Gasteiger partial charge in [0.25, 0.3) is 0 Å². The zero-order valence-corrected chi connectivity index (χ0v) is 12.8. The van der Waals surface area contributed by atoms with Crippen molar-refractivity contribution in [3.63, 3.8) is 0 Å². The molecule has 0 spiro atoms. The topological polar surface area (TPSA) is 30.5 Å². The van der Waals surface area contributed by atoms with E-state index in [1.54, 1.807) is 14.2 Å². The lowest BCUT2D eigenvalue weighted by atomic mass is 10.0. The zero-order valence-electron chi connectivity index (χ0n) is 12.0. The molecule has 4 heteroatoms. The first kappa shape index (κ1) is 14.5. The Morgan fingerprint density at radius 3 is 2.68 bits per heavy atom. The molecule has 0 aromatic heterocycles. The third-order valence-corrected chi connectivity index (χ3v) is 4.19. The Morgan fingerprint density at radius 2 is 2.11 bits per heavy atom. The highest BCUT2D eigenvalue weighted by Gasteiger charge is 2.33. The Hall–Kier alpha value is -0.930. The van der Waals surface area contributed by atoms with Gasteiger partial charge >= 0.3 is 0 Å². The van der Waals surface area contributed by atoms with E-state index in [-0.39, 0.29) is 0 Å². The number of hydrogen-bond acceptors (Lipinski definition) is 3. The van der Waals surface area contributed by atoms with E-state index in [4.69, 9.17) is 21.1 Å².